The number of rotatable bonds is 4. The number of hydrogen-bond donors (Lipinski definition) is 2. The molecule has 3 aliphatic rings. The summed E-state index contributed by atoms with van der Waals surface area (Å²) in [4.78, 5) is 27.1. The molecule has 7 heteroatoms. The smallest absolute Gasteiger partial charge is 0.256 e. The minimum atomic E-state index is -0.334. The zero-order chi connectivity index (χ0) is 22.7. The van der Waals surface area contributed by atoms with E-state index >= 15 is 0 Å². The van der Waals surface area contributed by atoms with Gasteiger partial charge in [0.1, 0.15) is 0 Å². The number of amides is 2. The van der Waals surface area contributed by atoms with E-state index in [1.807, 2.05) is 52.3 Å². The van der Waals surface area contributed by atoms with Crippen LogP contribution in [-0.2, 0) is 4.79 Å². The Morgan fingerprint density at radius 2 is 2.00 bits per heavy atom. The Morgan fingerprint density at radius 1 is 1.21 bits per heavy atom. The van der Waals surface area contributed by atoms with E-state index in [0.717, 1.165) is 66.4 Å². The summed E-state index contributed by atoms with van der Waals surface area (Å²) < 4.78 is 2.02. The first-order chi connectivity index (χ1) is 15.9. The first kappa shape index (κ1) is 20.4. The van der Waals surface area contributed by atoms with Gasteiger partial charge >= 0.3 is 0 Å². The Morgan fingerprint density at radius 3 is 2.73 bits per heavy atom. The highest BCUT2D eigenvalue weighted by molar-refractivity contribution is 6.24. The molecule has 0 bridgehead atoms. The van der Waals surface area contributed by atoms with Crippen molar-refractivity contribution in [3.8, 4) is 0 Å². The lowest BCUT2D eigenvalue weighted by Crippen LogP contribution is -2.49. The molecule has 1 atom stereocenters. The largest absolute Gasteiger partial charge is 0.342 e. The van der Waals surface area contributed by atoms with Gasteiger partial charge in [-0.3, -0.25) is 14.3 Å². The molecule has 1 saturated heterocycles. The number of nitrogens with two attached hydrogens (primary N) is 1. The molecule has 1 saturated carbocycles. The van der Waals surface area contributed by atoms with Gasteiger partial charge in [0.25, 0.3) is 5.91 Å². The summed E-state index contributed by atoms with van der Waals surface area (Å²) in [5.74, 6) is 0.265. The molecule has 2 aliphatic heterocycles. The highest BCUT2D eigenvalue weighted by Crippen LogP contribution is 2.43. The van der Waals surface area contributed by atoms with Gasteiger partial charge in [-0.05, 0) is 48.8 Å². The lowest BCUT2D eigenvalue weighted by Gasteiger charge is -2.43. The van der Waals surface area contributed by atoms with Crippen LogP contribution in [0.5, 0.6) is 0 Å². The average molecular weight is 444 g/mol. The van der Waals surface area contributed by atoms with Crippen LogP contribution in [0.2, 0.25) is 0 Å². The van der Waals surface area contributed by atoms with E-state index in [9.17, 15) is 9.59 Å². The van der Waals surface area contributed by atoms with Crippen LogP contribution in [-0.4, -0.2) is 39.6 Å². The van der Waals surface area contributed by atoms with E-state index in [4.69, 9.17) is 5.73 Å². The normalized spacial score (nSPS) is 20.5. The summed E-state index contributed by atoms with van der Waals surface area (Å²) >= 11 is 0. The quantitative estimate of drug-likeness (QED) is 0.637. The van der Waals surface area contributed by atoms with Gasteiger partial charge in [-0.1, -0.05) is 31.5 Å². The van der Waals surface area contributed by atoms with Gasteiger partial charge < -0.3 is 16.0 Å². The fraction of sp³-hybridized carbons (Fsp3) is 0.423. The Bertz CT molecular complexity index is 1270. The second-order valence-electron chi connectivity index (χ2n) is 10.1. The molecule has 1 unspecified atom stereocenters. The molecule has 0 radical (unpaired) electrons. The van der Waals surface area contributed by atoms with Crippen molar-refractivity contribution in [2.45, 2.75) is 51.1 Å². The van der Waals surface area contributed by atoms with Crippen LogP contribution in [0.15, 0.2) is 42.7 Å². The maximum absolute atomic E-state index is 12.8. The second-order valence-corrected chi connectivity index (χ2v) is 10.1. The highest BCUT2D eigenvalue weighted by atomic mass is 16.2. The highest BCUT2D eigenvalue weighted by Gasteiger charge is 2.42. The number of aromatic nitrogens is 2. The van der Waals surface area contributed by atoms with Gasteiger partial charge in [-0.25, -0.2) is 0 Å². The van der Waals surface area contributed by atoms with E-state index in [-0.39, 0.29) is 23.4 Å². The Labute approximate surface area is 192 Å². The Hall–Kier alpha value is -3.19. The number of carbonyl (C=O) groups excluding carboxylic acids is 2. The maximum Gasteiger partial charge on any atom is 0.256 e. The van der Waals surface area contributed by atoms with Crippen LogP contribution in [0.1, 0.15) is 72.6 Å². The molecular formula is C26H29N5O2. The summed E-state index contributed by atoms with van der Waals surface area (Å²) in [6.45, 7) is 3.69. The lowest BCUT2D eigenvalue weighted by molar-refractivity contribution is -0.147. The number of anilines is 1. The van der Waals surface area contributed by atoms with Gasteiger partial charge in [-0.15, -0.1) is 0 Å². The molecule has 170 valence electrons. The second kappa shape index (κ2) is 7.42. The predicted octanol–water partition coefficient (Wildman–Crippen LogP) is 4.00. The standard InChI is InChI=1S/C26H29N5O2/c1-26(10-3-11-26)25(33)30-12-8-17(9-13-30)31-15-16(14-28-31)23(27)19-6-7-21-22-18(19)4-2-5-20(22)24(32)29-21/h2,4-7,14-15,17,23H,3,8-13,27H2,1H3,(H,29,32). The van der Waals surface area contributed by atoms with Crippen molar-refractivity contribution in [2.75, 3.05) is 18.4 Å². The molecule has 3 N–H and O–H groups in total. The van der Waals surface area contributed by atoms with E-state index in [0.29, 0.717) is 11.5 Å². The molecule has 1 aromatic heterocycles. The molecule has 3 heterocycles. The topological polar surface area (TPSA) is 93.3 Å². The van der Waals surface area contributed by atoms with Gasteiger partial charge in [-0.2, -0.15) is 5.10 Å². The van der Waals surface area contributed by atoms with Crippen molar-refractivity contribution >= 4 is 28.3 Å². The van der Waals surface area contributed by atoms with Gasteiger partial charge in [0, 0.05) is 46.9 Å². The molecule has 3 aromatic rings. The predicted molar refractivity (Wildman–Crippen MR) is 127 cm³/mol. The third-order valence-electron chi connectivity index (χ3n) is 7.98. The molecule has 2 amide bonds. The van der Waals surface area contributed by atoms with Crippen molar-refractivity contribution in [2.24, 2.45) is 11.1 Å². The van der Waals surface area contributed by atoms with E-state index < -0.39 is 0 Å². The Balaban J connectivity index is 1.20. The summed E-state index contributed by atoms with van der Waals surface area (Å²) in [6.07, 6.45) is 8.93. The van der Waals surface area contributed by atoms with Crippen molar-refractivity contribution in [1.29, 1.82) is 0 Å². The van der Waals surface area contributed by atoms with Crippen molar-refractivity contribution < 1.29 is 9.59 Å². The average Bonchev–Trinajstić information content (AvgIpc) is 3.43. The van der Waals surface area contributed by atoms with E-state index in [1.165, 1.54) is 6.42 Å². The number of hydrogen-bond acceptors (Lipinski definition) is 4. The van der Waals surface area contributed by atoms with Crippen LogP contribution in [0, 0.1) is 5.41 Å². The molecule has 1 aliphatic carbocycles. The minimum absolute atomic E-state index is 0.0646. The molecule has 7 nitrogen and oxygen atoms in total. The molecule has 2 fully saturated rings. The van der Waals surface area contributed by atoms with Crippen molar-refractivity contribution in [3.05, 3.63) is 59.4 Å². The number of nitrogens with zero attached hydrogens (tertiary/aromatic N) is 3. The molecule has 2 aromatic carbocycles. The van der Waals surface area contributed by atoms with Crippen LogP contribution in [0.25, 0.3) is 10.8 Å². The zero-order valence-corrected chi connectivity index (χ0v) is 18.9. The molecular weight excluding hydrogens is 414 g/mol. The van der Waals surface area contributed by atoms with Gasteiger partial charge in [0.05, 0.1) is 18.3 Å². The van der Waals surface area contributed by atoms with Crippen LogP contribution in [0.4, 0.5) is 5.69 Å². The summed E-state index contributed by atoms with van der Waals surface area (Å²) in [6, 6.07) is 9.66. The monoisotopic (exact) mass is 443 g/mol. The van der Waals surface area contributed by atoms with Crippen LogP contribution < -0.4 is 11.1 Å². The van der Waals surface area contributed by atoms with Crippen molar-refractivity contribution in [3.63, 3.8) is 0 Å². The van der Waals surface area contributed by atoms with E-state index in [1.54, 1.807) is 0 Å². The van der Waals surface area contributed by atoms with E-state index in [2.05, 4.69) is 17.3 Å². The third-order valence-corrected chi connectivity index (χ3v) is 7.98. The fourth-order valence-corrected chi connectivity index (χ4v) is 5.71. The summed E-state index contributed by atoms with van der Waals surface area (Å²) in [5.41, 5.74) is 10.1. The van der Waals surface area contributed by atoms with Crippen LogP contribution in [0.3, 0.4) is 0 Å². The minimum Gasteiger partial charge on any atom is -0.342 e. The SMILES string of the molecule is CC1(C(=O)N2CCC(n3cc(C(N)c4ccc5c6c(cccc46)C(=O)N5)cn3)CC2)CCC1. The Kier molecular flexibility index (Phi) is 4.59. The number of piperidine rings is 1. The fourth-order valence-electron chi connectivity index (χ4n) is 5.71. The maximum atomic E-state index is 12.8. The zero-order valence-electron chi connectivity index (χ0n) is 18.9. The summed E-state index contributed by atoms with van der Waals surface area (Å²) in [5, 5.41) is 9.51. The van der Waals surface area contributed by atoms with Crippen molar-refractivity contribution in [1.82, 2.24) is 14.7 Å². The summed E-state index contributed by atoms with van der Waals surface area (Å²) in [7, 11) is 0. The number of carbonyl (C=O) groups is 2. The number of benzene rings is 2. The number of nitrogens with one attached hydrogen (secondary N) is 1. The first-order valence-corrected chi connectivity index (χ1v) is 11.9. The lowest BCUT2D eigenvalue weighted by atomic mass is 9.69. The molecule has 33 heavy (non-hydrogen) atoms. The first-order valence-electron chi connectivity index (χ1n) is 11.9. The molecule has 0 spiro atoms. The molecule has 6 rings (SSSR count). The van der Waals surface area contributed by atoms with Gasteiger partial charge in [0.2, 0.25) is 5.91 Å². The van der Waals surface area contributed by atoms with Crippen LogP contribution >= 0.6 is 0 Å². The third kappa shape index (κ3) is 3.17. The number of likely N-dealkylation sites (tertiary alicyclic amines) is 1. The van der Waals surface area contributed by atoms with Gasteiger partial charge in [0.15, 0.2) is 0 Å².